The Kier molecular flexibility index (Phi) is 3.80. The van der Waals surface area contributed by atoms with Crippen molar-refractivity contribution < 1.29 is 0 Å². The Morgan fingerprint density at radius 2 is 2.07 bits per heavy atom. The van der Waals surface area contributed by atoms with E-state index >= 15 is 0 Å². The Morgan fingerprint density at radius 1 is 1.40 bits per heavy atom. The Labute approximate surface area is 92.1 Å². The number of nitrogens with zero attached hydrogens (tertiary/aromatic N) is 2. The molecule has 0 amide bonds. The monoisotopic (exact) mass is 207 g/mol. The molecule has 0 bridgehead atoms. The van der Waals surface area contributed by atoms with Gasteiger partial charge >= 0.3 is 0 Å². The lowest BCUT2D eigenvalue weighted by Gasteiger charge is -2.18. The van der Waals surface area contributed by atoms with E-state index in [-0.39, 0.29) is 5.41 Å². The van der Waals surface area contributed by atoms with E-state index in [4.69, 9.17) is 5.73 Å². The van der Waals surface area contributed by atoms with Crippen LogP contribution in [0.1, 0.15) is 39.2 Å². The summed E-state index contributed by atoms with van der Waals surface area (Å²) >= 11 is 0. The lowest BCUT2D eigenvalue weighted by molar-refractivity contribution is 0.540. The Balaban J connectivity index is 2.84. The standard InChI is InChI=1S/C12H21N3/c1-9(8-13)7-11-14-6-5-10(15-11)12(2,3)4/h5-6,9H,7-8,13H2,1-4H3. The smallest absolute Gasteiger partial charge is 0.128 e. The van der Waals surface area contributed by atoms with E-state index in [1.54, 1.807) is 0 Å². The minimum absolute atomic E-state index is 0.0869. The zero-order chi connectivity index (χ0) is 11.5. The molecule has 1 heterocycles. The average molecular weight is 207 g/mol. The van der Waals surface area contributed by atoms with E-state index in [9.17, 15) is 0 Å². The maximum absolute atomic E-state index is 5.59. The first-order chi connectivity index (χ1) is 6.93. The molecule has 84 valence electrons. The molecule has 0 radical (unpaired) electrons. The van der Waals surface area contributed by atoms with Crippen LogP contribution in [0.2, 0.25) is 0 Å². The molecule has 0 saturated heterocycles. The van der Waals surface area contributed by atoms with Gasteiger partial charge in [0.15, 0.2) is 0 Å². The van der Waals surface area contributed by atoms with Crippen LogP contribution in [0.25, 0.3) is 0 Å². The number of rotatable bonds is 3. The SMILES string of the molecule is CC(CN)Cc1nccc(C(C)(C)C)n1. The molecule has 1 atom stereocenters. The quantitative estimate of drug-likeness (QED) is 0.823. The van der Waals surface area contributed by atoms with Crippen LogP contribution in [0.3, 0.4) is 0 Å². The van der Waals surface area contributed by atoms with Crippen molar-refractivity contribution in [1.82, 2.24) is 9.97 Å². The van der Waals surface area contributed by atoms with Crippen LogP contribution >= 0.6 is 0 Å². The van der Waals surface area contributed by atoms with E-state index in [0.717, 1.165) is 17.9 Å². The molecule has 0 saturated carbocycles. The van der Waals surface area contributed by atoms with Crippen molar-refractivity contribution >= 4 is 0 Å². The third kappa shape index (κ3) is 3.59. The minimum Gasteiger partial charge on any atom is -0.330 e. The summed E-state index contributed by atoms with van der Waals surface area (Å²) in [5.41, 5.74) is 6.77. The van der Waals surface area contributed by atoms with Crippen molar-refractivity contribution in [3.05, 3.63) is 23.8 Å². The van der Waals surface area contributed by atoms with Crippen molar-refractivity contribution in [2.45, 2.75) is 39.5 Å². The number of aromatic nitrogens is 2. The molecule has 1 aromatic heterocycles. The highest BCUT2D eigenvalue weighted by Crippen LogP contribution is 2.19. The van der Waals surface area contributed by atoms with Gasteiger partial charge in [-0.2, -0.15) is 0 Å². The van der Waals surface area contributed by atoms with Gasteiger partial charge in [0.1, 0.15) is 5.82 Å². The Bertz CT molecular complexity index is 315. The van der Waals surface area contributed by atoms with E-state index < -0.39 is 0 Å². The van der Waals surface area contributed by atoms with Crippen molar-refractivity contribution in [3.8, 4) is 0 Å². The van der Waals surface area contributed by atoms with Gasteiger partial charge < -0.3 is 5.73 Å². The maximum atomic E-state index is 5.59. The predicted molar refractivity (Wildman–Crippen MR) is 62.7 cm³/mol. The molecular formula is C12H21N3. The van der Waals surface area contributed by atoms with Gasteiger partial charge in [-0.1, -0.05) is 27.7 Å². The fourth-order valence-electron chi connectivity index (χ4n) is 1.31. The van der Waals surface area contributed by atoms with E-state index in [0.29, 0.717) is 12.5 Å². The molecule has 1 rings (SSSR count). The first-order valence-electron chi connectivity index (χ1n) is 5.46. The summed E-state index contributed by atoms with van der Waals surface area (Å²) in [6, 6.07) is 1.98. The summed E-state index contributed by atoms with van der Waals surface area (Å²) in [7, 11) is 0. The number of hydrogen-bond donors (Lipinski definition) is 1. The third-order valence-corrected chi connectivity index (χ3v) is 2.41. The molecule has 0 aromatic carbocycles. The predicted octanol–water partition coefficient (Wildman–Crippen LogP) is 1.91. The highest BCUT2D eigenvalue weighted by molar-refractivity contribution is 5.12. The molecule has 2 N–H and O–H groups in total. The van der Waals surface area contributed by atoms with E-state index in [1.807, 2.05) is 12.3 Å². The molecule has 3 heteroatoms. The minimum atomic E-state index is 0.0869. The topological polar surface area (TPSA) is 51.8 Å². The summed E-state index contributed by atoms with van der Waals surface area (Å²) in [5.74, 6) is 1.35. The molecule has 1 unspecified atom stereocenters. The molecule has 0 aliphatic rings. The zero-order valence-corrected chi connectivity index (χ0v) is 10.1. The molecule has 1 aromatic rings. The number of hydrogen-bond acceptors (Lipinski definition) is 3. The summed E-state index contributed by atoms with van der Waals surface area (Å²) < 4.78 is 0. The zero-order valence-electron chi connectivity index (χ0n) is 10.1. The second kappa shape index (κ2) is 4.71. The van der Waals surface area contributed by atoms with Crippen LogP contribution in [-0.2, 0) is 11.8 Å². The molecule has 0 aliphatic heterocycles. The molecule has 0 aliphatic carbocycles. The second-order valence-corrected chi connectivity index (χ2v) is 5.15. The van der Waals surface area contributed by atoms with Crippen molar-refractivity contribution in [2.24, 2.45) is 11.7 Å². The van der Waals surface area contributed by atoms with Crippen LogP contribution in [0.4, 0.5) is 0 Å². The van der Waals surface area contributed by atoms with Gasteiger partial charge in [0.05, 0.1) is 0 Å². The highest BCUT2D eigenvalue weighted by Gasteiger charge is 2.16. The average Bonchev–Trinajstić information content (AvgIpc) is 2.17. The van der Waals surface area contributed by atoms with Gasteiger partial charge in [-0.15, -0.1) is 0 Å². The van der Waals surface area contributed by atoms with Crippen LogP contribution in [0, 0.1) is 5.92 Å². The van der Waals surface area contributed by atoms with Gasteiger partial charge in [0, 0.05) is 23.7 Å². The van der Waals surface area contributed by atoms with Gasteiger partial charge in [-0.25, -0.2) is 9.97 Å². The van der Waals surface area contributed by atoms with Crippen LogP contribution in [-0.4, -0.2) is 16.5 Å². The van der Waals surface area contributed by atoms with Gasteiger partial charge in [0.25, 0.3) is 0 Å². The summed E-state index contributed by atoms with van der Waals surface area (Å²) in [6.07, 6.45) is 2.70. The fourth-order valence-corrected chi connectivity index (χ4v) is 1.31. The lowest BCUT2D eigenvalue weighted by Crippen LogP contribution is -2.18. The second-order valence-electron chi connectivity index (χ2n) is 5.15. The summed E-state index contributed by atoms with van der Waals surface area (Å²) in [4.78, 5) is 8.84. The first kappa shape index (κ1) is 12.1. The van der Waals surface area contributed by atoms with Crippen molar-refractivity contribution in [2.75, 3.05) is 6.54 Å². The molecule has 0 spiro atoms. The maximum Gasteiger partial charge on any atom is 0.128 e. The fraction of sp³-hybridized carbons (Fsp3) is 0.667. The molecule has 3 nitrogen and oxygen atoms in total. The van der Waals surface area contributed by atoms with Crippen LogP contribution in [0.15, 0.2) is 12.3 Å². The molecule has 15 heavy (non-hydrogen) atoms. The Morgan fingerprint density at radius 3 is 2.60 bits per heavy atom. The van der Waals surface area contributed by atoms with Gasteiger partial charge in [0.2, 0.25) is 0 Å². The number of nitrogens with two attached hydrogens (primary N) is 1. The first-order valence-corrected chi connectivity index (χ1v) is 5.46. The highest BCUT2D eigenvalue weighted by atomic mass is 14.9. The normalized spacial score (nSPS) is 13.9. The summed E-state index contributed by atoms with van der Waals surface area (Å²) in [6.45, 7) is 9.28. The molecular weight excluding hydrogens is 186 g/mol. The van der Waals surface area contributed by atoms with Crippen LogP contribution < -0.4 is 5.73 Å². The van der Waals surface area contributed by atoms with E-state index in [2.05, 4.69) is 37.7 Å². The van der Waals surface area contributed by atoms with Crippen molar-refractivity contribution in [3.63, 3.8) is 0 Å². The Hall–Kier alpha value is -0.960. The van der Waals surface area contributed by atoms with Crippen LogP contribution in [0.5, 0.6) is 0 Å². The van der Waals surface area contributed by atoms with Gasteiger partial charge in [-0.05, 0) is 18.5 Å². The van der Waals surface area contributed by atoms with Gasteiger partial charge in [-0.3, -0.25) is 0 Å². The van der Waals surface area contributed by atoms with Crippen molar-refractivity contribution in [1.29, 1.82) is 0 Å². The third-order valence-electron chi connectivity index (χ3n) is 2.41. The largest absolute Gasteiger partial charge is 0.330 e. The lowest BCUT2D eigenvalue weighted by atomic mass is 9.92. The summed E-state index contributed by atoms with van der Waals surface area (Å²) in [5, 5.41) is 0. The van der Waals surface area contributed by atoms with E-state index in [1.165, 1.54) is 0 Å². The molecule has 0 fully saturated rings.